The number of nitrogens with one attached hydrogen (secondary N) is 1. The van der Waals surface area contributed by atoms with Gasteiger partial charge in [-0.3, -0.25) is 4.79 Å². The fourth-order valence-corrected chi connectivity index (χ4v) is 2.52. The van der Waals surface area contributed by atoms with Crippen molar-refractivity contribution in [3.63, 3.8) is 0 Å². The van der Waals surface area contributed by atoms with Crippen LogP contribution in [0.15, 0.2) is 42.5 Å². The molecule has 0 heterocycles. The highest BCUT2D eigenvalue weighted by molar-refractivity contribution is 5.77. The molecule has 0 atom stereocenters. The molecule has 0 aromatic heterocycles. The Morgan fingerprint density at radius 1 is 1.06 bits per heavy atom. The third-order valence-corrected chi connectivity index (χ3v) is 3.30. The molecule has 0 fully saturated rings. The summed E-state index contributed by atoms with van der Waals surface area (Å²) in [5.41, 5.74) is 6.49. The van der Waals surface area contributed by atoms with Gasteiger partial charge in [-0.25, -0.2) is 0 Å². The van der Waals surface area contributed by atoms with E-state index in [0.29, 0.717) is 6.54 Å². The van der Waals surface area contributed by atoms with Crippen LogP contribution in [-0.4, -0.2) is 6.41 Å². The van der Waals surface area contributed by atoms with E-state index in [4.69, 9.17) is 0 Å². The second kappa shape index (κ2) is 4.06. The predicted molar refractivity (Wildman–Crippen MR) is 67.2 cm³/mol. The third-order valence-electron chi connectivity index (χ3n) is 3.30. The van der Waals surface area contributed by atoms with Crippen molar-refractivity contribution >= 4 is 6.41 Å². The van der Waals surface area contributed by atoms with Gasteiger partial charge in [0.1, 0.15) is 0 Å². The van der Waals surface area contributed by atoms with E-state index in [9.17, 15) is 4.79 Å². The first-order chi connectivity index (χ1) is 8.40. The summed E-state index contributed by atoms with van der Waals surface area (Å²) in [7, 11) is 0. The molecule has 1 radical (unpaired) electrons. The zero-order chi connectivity index (χ0) is 11.7. The van der Waals surface area contributed by atoms with Crippen LogP contribution in [0.4, 0.5) is 0 Å². The summed E-state index contributed by atoms with van der Waals surface area (Å²) < 4.78 is 0. The van der Waals surface area contributed by atoms with Crippen LogP contribution in [0, 0.1) is 0 Å². The molecule has 0 bridgehead atoms. The number of benzene rings is 2. The van der Waals surface area contributed by atoms with Crippen LogP contribution in [-0.2, 0) is 17.8 Å². The molecule has 0 saturated heterocycles. The highest BCUT2D eigenvalue weighted by Crippen LogP contribution is 2.37. The zero-order valence-electron chi connectivity index (χ0n) is 9.36. The average Bonchev–Trinajstić information content (AvgIpc) is 2.75. The number of hydrogen-bond donors (Lipinski definition) is 1. The molecule has 0 spiro atoms. The minimum absolute atomic E-state index is 0.556. The van der Waals surface area contributed by atoms with Crippen LogP contribution in [0.5, 0.6) is 0 Å². The molecule has 0 unspecified atom stereocenters. The van der Waals surface area contributed by atoms with Gasteiger partial charge in [-0.15, -0.1) is 0 Å². The van der Waals surface area contributed by atoms with Crippen molar-refractivity contribution in [2.45, 2.75) is 13.0 Å². The summed E-state index contributed by atoms with van der Waals surface area (Å²) in [4.78, 5) is 10.3. The summed E-state index contributed by atoms with van der Waals surface area (Å²) >= 11 is 0. The molecule has 0 saturated carbocycles. The lowest BCUT2D eigenvalue weighted by molar-refractivity contribution is 0.542. The largest absolute Gasteiger partial charge is 0.344 e. The van der Waals surface area contributed by atoms with Gasteiger partial charge in [-0.1, -0.05) is 42.5 Å². The van der Waals surface area contributed by atoms with Crippen LogP contribution >= 0.6 is 0 Å². The van der Waals surface area contributed by atoms with Crippen molar-refractivity contribution in [2.75, 3.05) is 0 Å². The van der Waals surface area contributed by atoms with Crippen LogP contribution in [0.2, 0.25) is 0 Å². The van der Waals surface area contributed by atoms with E-state index in [1.165, 1.54) is 27.8 Å². The Morgan fingerprint density at radius 2 is 1.88 bits per heavy atom. The van der Waals surface area contributed by atoms with Crippen molar-refractivity contribution < 1.29 is 4.79 Å². The van der Waals surface area contributed by atoms with E-state index in [0.717, 1.165) is 6.42 Å². The van der Waals surface area contributed by atoms with E-state index in [1.807, 2.05) is 6.07 Å². The Kier molecular flexibility index (Phi) is 2.41. The van der Waals surface area contributed by atoms with Crippen molar-refractivity contribution in [2.24, 2.45) is 0 Å². The quantitative estimate of drug-likeness (QED) is 0.677. The number of fused-ring (bicyclic) bond motifs is 3. The van der Waals surface area contributed by atoms with Gasteiger partial charge in [0.25, 0.3) is 0 Å². The Bertz CT molecular complexity index is 575. The molecular formula is C15H12NO. The van der Waals surface area contributed by atoms with Gasteiger partial charge in [-0.05, 0) is 34.2 Å². The molecule has 1 N–H and O–H groups in total. The Morgan fingerprint density at radius 3 is 2.76 bits per heavy atom. The molecule has 2 heteroatoms. The molecule has 1 amide bonds. The average molecular weight is 222 g/mol. The van der Waals surface area contributed by atoms with Gasteiger partial charge in [0.05, 0.1) is 0 Å². The maximum atomic E-state index is 10.3. The highest BCUT2D eigenvalue weighted by Gasteiger charge is 2.19. The van der Waals surface area contributed by atoms with Crippen LogP contribution in [0.3, 0.4) is 0 Å². The van der Waals surface area contributed by atoms with Gasteiger partial charge in [0.2, 0.25) is 0 Å². The Balaban J connectivity index is 2.07. The summed E-state index contributed by atoms with van der Waals surface area (Å²) in [5, 5.41) is 2.62. The number of rotatable bonds is 3. The maximum absolute atomic E-state index is 10.3. The lowest BCUT2D eigenvalue weighted by atomic mass is 10.0. The summed E-state index contributed by atoms with van der Waals surface area (Å²) in [6.45, 7) is 0.556. The summed E-state index contributed by atoms with van der Waals surface area (Å²) in [6.07, 6.45) is 2.69. The minimum atomic E-state index is 0.556. The van der Waals surface area contributed by atoms with Crippen LogP contribution in [0.1, 0.15) is 16.7 Å². The lowest BCUT2D eigenvalue weighted by Crippen LogP contribution is -2.11. The lowest BCUT2D eigenvalue weighted by Gasteiger charge is -2.07. The van der Waals surface area contributed by atoms with Crippen molar-refractivity contribution in [3.05, 3.63) is 59.2 Å². The molecule has 2 aromatic carbocycles. The minimum Gasteiger partial charge on any atom is -0.344 e. The molecule has 2 aromatic rings. The number of hydrogen-bond acceptors (Lipinski definition) is 1. The van der Waals surface area contributed by atoms with Gasteiger partial charge >= 0.3 is 6.41 Å². The molecule has 83 valence electrons. The summed E-state index contributed by atoms with van der Waals surface area (Å²) in [6, 6.07) is 14.7. The fourth-order valence-electron chi connectivity index (χ4n) is 2.52. The van der Waals surface area contributed by atoms with E-state index in [-0.39, 0.29) is 0 Å². The normalized spacial score (nSPS) is 11.8. The third kappa shape index (κ3) is 1.62. The monoisotopic (exact) mass is 222 g/mol. The maximum Gasteiger partial charge on any atom is 0.309 e. The Labute approximate surface area is 100 Å². The van der Waals surface area contributed by atoms with E-state index >= 15 is 0 Å². The number of carbonyl (C=O) groups excluding carboxylic acids is 1. The second-order valence-electron chi connectivity index (χ2n) is 4.23. The smallest absolute Gasteiger partial charge is 0.309 e. The number of amides is 1. The molecule has 17 heavy (non-hydrogen) atoms. The second-order valence-corrected chi connectivity index (χ2v) is 4.23. The topological polar surface area (TPSA) is 29.1 Å². The van der Waals surface area contributed by atoms with Gasteiger partial charge in [0, 0.05) is 6.54 Å². The Hall–Kier alpha value is -2.09. The molecule has 1 aliphatic carbocycles. The van der Waals surface area contributed by atoms with Gasteiger partial charge < -0.3 is 5.32 Å². The highest BCUT2D eigenvalue weighted by atomic mass is 16.1. The first-order valence-corrected chi connectivity index (χ1v) is 5.69. The van der Waals surface area contributed by atoms with Gasteiger partial charge in [0.15, 0.2) is 0 Å². The fraction of sp³-hybridized carbons (Fsp3) is 0.133. The van der Waals surface area contributed by atoms with Crippen molar-refractivity contribution in [3.8, 4) is 11.1 Å². The molecule has 0 aliphatic heterocycles. The summed E-state index contributed by atoms with van der Waals surface area (Å²) in [5.74, 6) is 0. The predicted octanol–water partition coefficient (Wildman–Crippen LogP) is 2.41. The van der Waals surface area contributed by atoms with Gasteiger partial charge in [-0.2, -0.15) is 0 Å². The van der Waals surface area contributed by atoms with E-state index in [1.54, 1.807) is 6.41 Å². The van der Waals surface area contributed by atoms with Crippen molar-refractivity contribution in [1.82, 2.24) is 5.32 Å². The molecule has 3 rings (SSSR count). The molecule has 1 aliphatic rings. The SMILES string of the molecule is O=[C]NCc1cccc2c1Cc1ccccc1-2. The zero-order valence-corrected chi connectivity index (χ0v) is 9.36. The molecule has 2 nitrogen and oxygen atoms in total. The standard InChI is InChI=1S/C15H12NO/c17-10-16-9-12-5-3-7-14-13-6-2-1-4-11(13)8-15(12)14/h1-7H,8-9H2,(H,16,17). The van der Waals surface area contributed by atoms with Crippen molar-refractivity contribution in [1.29, 1.82) is 0 Å². The van der Waals surface area contributed by atoms with E-state index < -0.39 is 0 Å². The molecular weight excluding hydrogens is 210 g/mol. The van der Waals surface area contributed by atoms with Crippen LogP contribution in [0.25, 0.3) is 11.1 Å². The van der Waals surface area contributed by atoms with Crippen LogP contribution < -0.4 is 5.32 Å². The van der Waals surface area contributed by atoms with E-state index in [2.05, 4.69) is 41.7 Å². The first-order valence-electron chi connectivity index (χ1n) is 5.69. The first kappa shape index (κ1) is 10.1.